The predicted octanol–water partition coefficient (Wildman–Crippen LogP) is 3.35. The standard InChI is InChI=1S/C17H19N3O4/c1-23-12-7-8-16(24-2)13(11-12)14-6-4-10-19(14)17-15(20(21)22)5-3-9-18-17/h3,5,7-9,11,14H,4,6,10H2,1-2H3. The van der Waals surface area contributed by atoms with Gasteiger partial charge >= 0.3 is 5.69 Å². The molecule has 1 fully saturated rings. The molecule has 1 atom stereocenters. The van der Waals surface area contributed by atoms with Crippen LogP contribution in [0, 0.1) is 10.1 Å². The molecule has 24 heavy (non-hydrogen) atoms. The number of benzene rings is 1. The van der Waals surface area contributed by atoms with Crippen molar-refractivity contribution in [1.29, 1.82) is 0 Å². The molecule has 0 N–H and O–H groups in total. The topological polar surface area (TPSA) is 77.7 Å². The second kappa shape index (κ2) is 6.74. The average molecular weight is 329 g/mol. The Kier molecular flexibility index (Phi) is 4.50. The Morgan fingerprint density at radius 2 is 2.12 bits per heavy atom. The number of hydrogen-bond donors (Lipinski definition) is 0. The summed E-state index contributed by atoms with van der Waals surface area (Å²) in [4.78, 5) is 17.2. The molecule has 126 valence electrons. The van der Waals surface area contributed by atoms with Gasteiger partial charge in [-0.3, -0.25) is 10.1 Å². The van der Waals surface area contributed by atoms with Crippen LogP contribution in [-0.2, 0) is 0 Å². The fraction of sp³-hybridized carbons (Fsp3) is 0.353. The van der Waals surface area contributed by atoms with Gasteiger partial charge in [0.25, 0.3) is 0 Å². The summed E-state index contributed by atoms with van der Waals surface area (Å²) in [6.07, 6.45) is 3.39. The molecule has 2 heterocycles. The van der Waals surface area contributed by atoms with Crippen molar-refractivity contribution in [2.45, 2.75) is 18.9 Å². The van der Waals surface area contributed by atoms with E-state index in [0.29, 0.717) is 12.4 Å². The van der Waals surface area contributed by atoms with Crippen LogP contribution < -0.4 is 14.4 Å². The molecule has 1 unspecified atom stereocenters. The number of rotatable bonds is 5. The van der Waals surface area contributed by atoms with Crippen molar-refractivity contribution in [2.24, 2.45) is 0 Å². The summed E-state index contributed by atoms with van der Waals surface area (Å²) in [7, 11) is 3.23. The first kappa shape index (κ1) is 16.0. The van der Waals surface area contributed by atoms with Gasteiger partial charge in [-0.15, -0.1) is 0 Å². The second-order valence-electron chi connectivity index (χ2n) is 5.56. The van der Waals surface area contributed by atoms with Crippen LogP contribution in [0.15, 0.2) is 36.5 Å². The van der Waals surface area contributed by atoms with Crippen molar-refractivity contribution >= 4 is 11.5 Å². The van der Waals surface area contributed by atoms with Gasteiger partial charge in [0.1, 0.15) is 11.5 Å². The molecule has 3 rings (SSSR count). The molecule has 0 radical (unpaired) electrons. The molecule has 0 amide bonds. The van der Waals surface area contributed by atoms with E-state index >= 15 is 0 Å². The number of hydrogen-bond acceptors (Lipinski definition) is 6. The molecule has 7 nitrogen and oxygen atoms in total. The molecule has 2 aromatic rings. The van der Waals surface area contributed by atoms with Crippen molar-refractivity contribution in [1.82, 2.24) is 4.98 Å². The van der Waals surface area contributed by atoms with Gasteiger partial charge in [-0.1, -0.05) is 0 Å². The highest BCUT2D eigenvalue weighted by atomic mass is 16.6. The smallest absolute Gasteiger partial charge is 0.311 e. The van der Waals surface area contributed by atoms with E-state index in [-0.39, 0.29) is 16.7 Å². The van der Waals surface area contributed by atoms with Crippen LogP contribution >= 0.6 is 0 Å². The molecule has 1 aliphatic heterocycles. The van der Waals surface area contributed by atoms with Crippen molar-refractivity contribution in [3.63, 3.8) is 0 Å². The maximum atomic E-state index is 11.3. The maximum absolute atomic E-state index is 11.3. The summed E-state index contributed by atoms with van der Waals surface area (Å²) in [6.45, 7) is 0.711. The molecule has 0 bridgehead atoms. The van der Waals surface area contributed by atoms with Crippen LogP contribution in [0.1, 0.15) is 24.4 Å². The first-order valence-electron chi connectivity index (χ1n) is 7.73. The highest BCUT2D eigenvalue weighted by molar-refractivity contribution is 5.60. The molecule has 0 saturated carbocycles. The van der Waals surface area contributed by atoms with E-state index in [1.807, 2.05) is 23.1 Å². The van der Waals surface area contributed by atoms with Crippen LogP contribution in [0.2, 0.25) is 0 Å². The monoisotopic (exact) mass is 329 g/mol. The summed E-state index contributed by atoms with van der Waals surface area (Å²) in [6, 6.07) is 8.65. The van der Waals surface area contributed by atoms with E-state index < -0.39 is 0 Å². The number of pyridine rings is 1. The van der Waals surface area contributed by atoms with Gasteiger partial charge in [0.2, 0.25) is 5.82 Å². The largest absolute Gasteiger partial charge is 0.497 e. The number of nitrogens with zero attached hydrogens (tertiary/aromatic N) is 3. The third kappa shape index (κ3) is 2.84. The van der Waals surface area contributed by atoms with Gasteiger partial charge in [0.05, 0.1) is 25.2 Å². The molecule has 7 heteroatoms. The molecule has 1 aromatic heterocycles. The molecular formula is C17H19N3O4. The first-order chi connectivity index (χ1) is 11.7. The van der Waals surface area contributed by atoms with Crippen LogP contribution in [0.5, 0.6) is 11.5 Å². The fourth-order valence-corrected chi connectivity index (χ4v) is 3.20. The summed E-state index contributed by atoms with van der Waals surface area (Å²) < 4.78 is 10.8. The van der Waals surface area contributed by atoms with Gasteiger partial charge < -0.3 is 14.4 Å². The summed E-state index contributed by atoms with van der Waals surface area (Å²) >= 11 is 0. The first-order valence-corrected chi connectivity index (χ1v) is 7.73. The molecule has 1 saturated heterocycles. The maximum Gasteiger partial charge on any atom is 0.311 e. The van der Waals surface area contributed by atoms with E-state index in [9.17, 15) is 10.1 Å². The molecular weight excluding hydrogens is 310 g/mol. The van der Waals surface area contributed by atoms with Crippen LogP contribution in [0.3, 0.4) is 0 Å². The summed E-state index contributed by atoms with van der Waals surface area (Å²) in [5, 5.41) is 11.3. The highest BCUT2D eigenvalue weighted by Gasteiger charge is 2.33. The quantitative estimate of drug-likeness (QED) is 0.618. The Morgan fingerprint density at radius 1 is 1.29 bits per heavy atom. The predicted molar refractivity (Wildman–Crippen MR) is 89.8 cm³/mol. The zero-order valence-corrected chi connectivity index (χ0v) is 13.6. The second-order valence-corrected chi connectivity index (χ2v) is 5.56. The zero-order chi connectivity index (χ0) is 17.1. The summed E-state index contributed by atoms with van der Waals surface area (Å²) in [5.41, 5.74) is 0.973. The normalized spacial score (nSPS) is 16.9. The lowest BCUT2D eigenvalue weighted by Crippen LogP contribution is -2.24. The number of nitro groups is 1. The average Bonchev–Trinajstić information content (AvgIpc) is 3.10. The van der Waals surface area contributed by atoms with E-state index in [2.05, 4.69) is 4.98 Å². The molecule has 1 aliphatic rings. The Bertz CT molecular complexity index is 750. The minimum atomic E-state index is -0.388. The van der Waals surface area contributed by atoms with Gasteiger partial charge in [-0.05, 0) is 37.1 Å². The lowest BCUT2D eigenvalue weighted by Gasteiger charge is -2.27. The van der Waals surface area contributed by atoms with Crippen LogP contribution in [0.25, 0.3) is 0 Å². The van der Waals surface area contributed by atoms with E-state index in [0.717, 1.165) is 29.9 Å². The number of anilines is 1. The van der Waals surface area contributed by atoms with E-state index in [1.54, 1.807) is 26.5 Å². The van der Waals surface area contributed by atoms with Crippen LogP contribution in [0.4, 0.5) is 11.5 Å². The molecule has 1 aromatic carbocycles. The van der Waals surface area contributed by atoms with E-state index in [4.69, 9.17) is 9.47 Å². The van der Waals surface area contributed by atoms with Crippen LogP contribution in [-0.4, -0.2) is 30.7 Å². The van der Waals surface area contributed by atoms with Gasteiger partial charge in [0.15, 0.2) is 0 Å². The number of ether oxygens (including phenoxy) is 2. The van der Waals surface area contributed by atoms with Crippen molar-refractivity contribution in [2.75, 3.05) is 25.7 Å². The van der Waals surface area contributed by atoms with Gasteiger partial charge in [-0.25, -0.2) is 4.98 Å². The Labute approximate surface area is 140 Å². The van der Waals surface area contributed by atoms with Crippen molar-refractivity contribution in [3.05, 3.63) is 52.2 Å². The summed E-state index contributed by atoms with van der Waals surface area (Å²) in [5.74, 6) is 1.87. The lowest BCUT2D eigenvalue weighted by atomic mass is 10.0. The van der Waals surface area contributed by atoms with Gasteiger partial charge in [-0.2, -0.15) is 0 Å². The molecule has 0 spiro atoms. The SMILES string of the molecule is COc1ccc(OC)c(C2CCCN2c2ncccc2[N+](=O)[O-])c1. The third-order valence-electron chi connectivity index (χ3n) is 4.28. The fourth-order valence-electron chi connectivity index (χ4n) is 3.20. The minimum absolute atomic E-state index is 0.0197. The third-order valence-corrected chi connectivity index (χ3v) is 4.28. The number of aromatic nitrogens is 1. The minimum Gasteiger partial charge on any atom is -0.497 e. The highest BCUT2D eigenvalue weighted by Crippen LogP contribution is 2.42. The van der Waals surface area contributed by atoms with E-state index in [1.165, 1.54) is 6.07 Å². The Morgan fingerprint density at radius 3 is 2.83 bits per heavy atom. The van der Waals surface area contributed by atoms with Gasteiger partial charge in [0, 0.05) is 24.4 Å². The Balaban J connectivity index is 2.05. The van der Waals surface area contributed by atoms with Crippen molar-refractivity contribution in [3.8, 4) is 11.5 Å². The molecule has 0 aliphatic carbocycles. The Hall–Kier alpha value is -2.83. The zero-order valence-electron chi connectivity index (χ0n) is 13.6. The lowest BCUT2D eigenvalue weighted by molar-refractivity contribution is -0.384. The number of methoxy groups -OCH3 is 2. The van der Waals surface area contributed by atoms with Crippen molar-refractivity contribution < 1.29 is 14.4 Å².